The predicted octanol–water partition coefficient (Wildman–Crippen LogP) is 1.97. The topological polar surface area (TPSA) is 157 Å². The highest BCUT2D eigenvalue weighted by Gasteiger charge is 2.25. The van der Waals surface area contributed by atoms with Crippen LogP contribution in [0.2, 0.25) is 0 Å². The van der Waals surface area contributed by atoms with Crippen LogP contribution < -0.4 is 16.8 Å². The number of carboxylic acids is 1. The molecule has 2 aromatic rings. The number of rotatable bonds is 8. The zero-order valence-corrected chi connectivity index (χ0v) is 15.8. The van der Waals surface area contributed by atoms with E-state index in [0.717, 1.165) is 0 Å². The molecule has 0 heterocycles. The van der Waals surface area contributed by atoms with Crippen LogP contribution >= 0.6 is 0 Å². The molecule has 2 rings (SSSR count). The summed E-state index contributed by atoms with van der Waals surface area (Å²) in [6, 6.07) is 12.8. The van der Waals surface area contributed by atoms with Crippen molar-refractivity contribution < 1.29 is 24.2 Å². The number of ether oxygens (including phenoxy) is 1. The molecule has 2 aromatic carbocycles. The summed E-state index contributed by atoms with van der Waals surface area (Å²) >= 11 is 0. The highest BCUT2D eigenvalue weighted by Crippen LogP contribution is 2.24. The number of nitrogens with two attached hydrogens (primary N) is 2. The van der Waals surface area contributed by atoms with Crippen LogP contribution in [0.3, 0.4) is 0 Å². The summed E-state index contributed by atoms with van der Waals surface area (Å²) in [6.07, 6.45) is -0.387. The molecule has 0 bridgehead atoms. The van der Waals surface area contributed by atoms with E-state index < -0.39 is 17.9 Å². The van der Waals surface area contributed by atoms with E-state index in [9.17, 15) is 14.4 Å². The second kappa shape index (κ2) is 9.88. The number of guanidine groups is 1. The second-order valence-corrected chi connectivity index (χ2v) is 6.07. The third-order valence-corrected chi connectivity index (χ3v) is 3.89. The van der Waals surface area contributed by atoms with E-state index in [4.69, 9.17) is 21.3 Å². The highest BCUT2D eigenvalue weighted by molar-refractivity contribution is 6.04. The molecule has 0 saturated carbocycles. The summed E-state index contributed by atoms with van der Waals surface area (Å²) in [5.74, 6) is -3.13. The van der Waals surface area contributed by atoms with Crippen LogP contribution in [0.15, 0.2) is 53.5 Å². The third-order valence-electron chi connectivity index (χ3n) is 3.89. The van der Waals surface area contributed by atoms with E-state index in [2.05, 4.69) is 10.3 Å². The van der Waals surface area contributed by atoms with Crippen LogP contribution in [-0.2, 0) is 14.3 Å². The number of carboxylic acid groups (broad SMARTS) is 1. The predicted molar refractivity (Wildman–Crippen MR) is 108 cm³/mol. The molecule has 1 atom stereocenters. The molecule has 1 amide bonds. The van der Waals surface area contributed by atoms with Crippen LogP contribution in [0.4, 0.5) is 11.4 Å². The first-order valence-corrected chi connectivity index (χ1v) is 8.79. The summed E-state index contributed by atoms with van der Waals surface area (Å²) in [5, 5.41) is 11.8. The lowest BCUT2D eigenvalue weighted by molar-refractivity contribution is -0.149. The summed E-state index contributed by atoms with van der Waals surface area (Å²) in [5.41, 5.74) is 12.4. The lowest BCUT2D eigenvalue weighted by Crippen LogP contribution is -2.22. The number of hydrogen-bond donors (Lipinski definition) is 4. The van der Waals surface area contributed by atoms with E-state index in [1.54, 1.807) is 49.4 Å². The zero-order chi connectivity index (χ0) is 21.4. The minimum atomic E-state index is -1.11. The van der Waals surface area contributed by atoms with Crippen molar-refractivity contribution in [2.75, 3.05) is 11.9 Å². The van der Waals surface area contributed by atoms with Gasteiger partial charge in [0.2, 0.25) is 0 Å². The Labute approximate surface area is 167 Å². The maximum atomic E-state index is 12.4. The Balaban J connectivity index is 2.15. The standard InChI is InChI=1S/C20H22N4O5/c1-2-29-19(28)16(11-17(25)26)12-6-8-14(9-7-12)23-18(27)13-4-3-5-15(10-13)24-20(21)22/h3-10,16H,2,11H2,1H3,(H,23,27)(H,25,26)(H4,21,22,24). The molecule has 0 aliphatic heterocycles. The largest absolute Gasteiger partial charge is 0.481 e. The Morgan fingerprint density at radius 3 is 2.41 bits per heavy atom. The third kappa shape index (κ3) is 6.35. The van der Waals surface area contributed by atoms with Crippen molar-refractivity contribution in [3.05, 3.63) is 59.7 Å². The maximum Gasteiger partial charge on any atom is 0.313 e. The number of aliphatic imine (C=N–C) groups is 1. The molecule has 152 valence electrons. The first kappa shape index (κ1) is 21.4. The van der Waals surface area contributed by atoms with Crippen molar-refractivity contribution in [2.45, 2.75) is 19.3 Å². The van der Waals surface area contributed by atoms with Crippen molar-refractivity contribution in [2.24, 2.45) is 16.5 Å². The molecule has 29 heavy (non-hydrogen) atoms. The molecule has 0 spiro atoms. The molecule has 0 radical (unpaired) electrons. The van der Waals surface area contributed by atoms with E-state index in [1.807, 2.05) is 0 Å². The van der Waals surface area contributed by atoms with Crippen molar-refractivity contribution >= 4 is 35.2 Å². The van der Waals surface area contributed by atoms with Gasteiger partial charge in [0.15, 0.2) is 5.96 Å². The number of carbonyl (C=O) groups excluding carboxylic acids is 2. The summed E-state index contributed by atoms with van der Waals surface area (Å²) in [4.78, 5) is 39.4. The quantitative estimate of drug-likeness (QED) is 0.301. The molecular weight excluding hydrogens is 376 g/mol. The number of nitrogens with zero attached hydrogens (tertiary/aromatic N) is 1. The highest BCUT2D eigenvalue weighted by atomic mass is 16.5. The first-order valence-electron chi connectivity index (χ1n) is 8.79. The van der Waals surface area contributed by atoms with Gasteiger partial charge in [0.05, 0.1) is 24.6 Å². The van der Waals surface area contributed by atoms with Gasteiger partial charge in [0, 0.05) is 11.3 Å². The molecule has 0 aliphatic carbocycles. The van der Waals surface area contributed by atoms with Gasteiger partial charge < -0.3 is 26.6 Å². The summed E-state index contributed by atoms with van der Waals surface area (Å²) < 4.78 is 4.95. The Hall–Kier alpha value is -3.88. The van der Waals surface area contributed by atoms with Crippen LogP contribution in [-0.4, -0.2) is 35.5 Å². The number of esters is 1. The van der Waals surface area contributed by atoms with Crippen molar-refractivity contribution in [1.82, 2.24) is 0 Å². The van der Waals surface area contributed by atoms with Gasteiger partial charge in [-0.05, 0) is 42.8 Å². The molecule has 0 aromatic heterocycles. The number of carbonyl (C=O) groups is 3. The number of aliphatic carboxylic acids is 1. The van der Waals surface area contributed by atoms with E-state index in [0.29, 0.717) is 22.5 Å². The Morgan fingerprint density at radius 2 is 1.83 bits per heavy atom. The number of benzene rings is 2. The number of nitrogens with one attached hydrogen (secondary N) is 1. The van der Waals surface area contributed by atoms with Gasteiger partial charge in [-0.25, -0.2) is 4.99 Å². The molecule has 9 heteroatoms. The van der Waals surface area contributed by atoms with Gasteiger partial charge in [-0.1, -0.05) is 18.2 Å². The number of hydrogen-bond acceptors (Lipinski definition) is 5. The molecule has 0 aliphatic rings. The average molecular weight is 398 g/mol. The van der Waals surface area contributed by atoms with Crippen LogP contribution in [0.5, 0.6) is 0 Å². The molecular formula is C20H22N4O5. The van der Waals surface area contributed by atoms with Gasteiger partial charge in [0.1, 0.15) is 0 Å². The van der Waals surface area contributed by atoms with Gasteiger partial charge in [-0.3, -0.25) is 14.4 Å². The van der Waals surface area contributed by atoms with E-state index in [1.165, 1.54) is 6.07 Å². The minimum Gasteiger partial charge on any atom is -0.481 e. The summed E-state index contributed by atoms with van der Waals surface area (Å²) in [6.45, 7) is 1.80. The molecule has 9 nitrogen and oxygen atoms in total. The Kier molecular flexibility index (Phi) is 7.30. The minimum absolute atomic E-state index is 0.115. The number of amides is 1. The molecule has 0 saturated heterocycles. The molecule has 0 fully saturated rings. The lowest BCUT2D eigenvalue weighted by Gasteiger charge is -2.14. The van der Waals surface area contributed by atoms with Gasteiger partial charge in [0.25, 0.3) is 5.91 Å². The maximum absolute atomic E-state index is 12.4. The SMILES string of the molecule is CCOC(=O)C(CC(=O)O)c1ccc(NC(=O)c2cccc(N=C(N)N)c2)cc1. The lowest BCUT2D eigenvalue weighted by atomic mass is 9.95. The fourth-order valence-corrected chi connectivity index (χ4v) is 2.62. The number of anilines is 1. The normalized spacial score (nSPS) is 11.2. The molecule has 6 N–H and O–H groups in total. The van der Waals surface area contributed by atoms with Crippen molar-refractivity contribution in [3.63, 3.8) is 0 Å². The van der Waals surface area contributed by atoms with Gasteiger partial charge in [-0.2, -0.15) is 0 Å². The zero-order valence-electron chi connectivity index (χ0n) is 15.8. The Morgan fingerprint density at radius 1 is 1.14 bits per heavy atom. The van der Waals surface area contributed by atoms with Gasteiger partial charge >= 0.3 is 11.9 Å². The van der Waals surface area contributed by atoms with Gasteiger partial charge in [-0.15, -0.1) is 0 Å². The van der Waals surface area contributed by atoms with E-state index >= 15 is 0 Å². The fourth-order valence-electron chi connectivity index (χ4n) is 2.62. The van der Waals surface area contributed by atoms with Crippen LogP contribution in [0, 0.1) is 0 Å². The second-order valence-electron chi connectivity index (χ2n) is 6.07. The fraction of sp³-hybridized carbons (Fsp3) is 0.200. The monoisotopic (exact) mass is 398 g/mol. The van der Waals surface area contributed by atoms with E-state index in [-0.39, 0.29) is 24.9 Å². The van der Waals surface area contributed by atoms with Crippen molar-refractivity contribution in [1.29, 1.82) is 0 Å². The van der Waals surface area contributed by atoms with Crippen LogP contribution in [0.25, 0.3) is 0 Å². The molecule has 1 unspecified atom stereocenters. The van der Waals surface area contributed by atoms with Crippen molar-refractivity contribution in [3.8, 4) is 0 Å². The average Bonchev–Trinajstić information content (AvgIpc) is 2.66. The smallest absolute Gasteiger partial charge is 0.313 e. The summed E-state index contributed by atoms with van der Waals surface area (Å²) in [7, 11) is 0. The first-order chi connectivity index (χ1) is 13.8. The Bertz CT molecular complexity index is 921. The van der Waals surface area contributed by atoms with Crippen LogP contribution in [0.1, 0.15) is 35.2 Å².